The second-order valence-corrected chi connectivity index (χ2v) is 7.48. The van der Waals surface area contributed by atoms with Crippen LogP contribution >= 0.6 is 22.6 Å². The lowest BCUT2D eigenvalue weighted by Crippen LogP contribution is -2.13. The Morgan fingerprint density at radius 1 is 1.25 bits per heavy atom. The SMILES string of the molecule is CCCCCCC1CCc2[nH]c3cc(I)ccc3c2C1. The maximum atomic E-state index is 3.65. The molecule has 0 saturated heterocycles. The fourth-order valence-corrected chi connectivity index (χ4v) is 4.07. The Hall–Kier alpha value is -0.510. The van der Waals surface area contributed by atoms with Gasteiger partial charge in [0.25, 0.3) is 0 Å². The first kappa shape index (κ1) is 14.4. The molecule has 1 aliphatic rings. The minimum atomic E-state index is 0.914. The van der Waals surface area contributed by atoms with Crippen LogP contribution in [0.15, 0.2) is 18.2 Å². The average molecular weight is 381 g/mol. The lowest BCUT2D eigenvalue weighted by atomic mass is 9.83. The molecular formula is C18H24IN. The van der Waals surface area contributed by atoms with Crippen LogP contribution in [0.1, 0.15) is 56.7 Å². The molecule has 2 heteroatoms. The summed E-state index contributed by atoms with van der Waals surface area (Å²) in [5.41, 5.74) is 4.46. The van der Waals surface area contributed by atoms with Crippen molar-refractivity contribution in [2.45, 2.75) is 58.3 Å². The first-order valence-corrected chi connectivity index (χ1v) is 9.14. The Balaban J connectivity index is 1.72. The van der Waals surface area contributed by atoms with Crippen LogP contribution in [0.3, 0.4) is 0 Å². The second kappa shape index (κ2) is 6.50. The van der Waals surface area contributed by atoms with E-state index in [1.807, 2.05) is 0 Å². The molecule has 0 radical (unpaired) electrons. The molecule has 1 unspecified atom stereocenters. The summed E-state index contributed by atoms with van der Waals surface area (Å²) in [5.74, 6) is 0.914. The third-order valence-electron chi connectivity index (χ3n) is 4.72. The fraction of sp³-hybridized carbons (Fsp3) is 0.556. The van der Waals surface area contributed by atoms with Crippen LogP contribution in [-0.2, 0) is 12.8 Å². The van der Waals surface area contributed by atoms with E-state index in [1.54, 1.807) is 5.56 Å². The Labute approximate surface area is 135 Å². The van der Waals surface area contributed by atoms with E-state index in [2.05, 4.69) is 52.7 Å². The zero-order chi connectivity index (χ0) is 13.9. The predicted molar refractivity (Wildman–Crippen MR) is 95.3 cm³/mol. The molecule has 1 aromatic carbocycles. The van der Waals surface area contributed by atoms with Crippen LogP contribution in [0.4, 0.5) is 0 Å². The maximum absolute atomic E-state index is 3.65. The number of fused-ring (bicyclic) bond motifs is 3. The van der Waals surface area contributed by atoms with Crippen LogP contribution in [0.2, 0.25) is 0 Å². The van der Waals surface area contributed by atoms with Crippen LogP contribution in [0.5, 0.6) is 0 Å². The number of aryl methyl sites for hydroxylation is 1. The first-order chi connectivity index (χ1) is 9.78. The second-order valence-electron chi connectivity index (χ2n) is 6.23. The summed E-state index contributed by atoms with van der Waals surface area (Å²) in [6.07, 6.45) is 10.9. The van der Waals surface area contributed by atoms with Gasteiger partial charge < -0.3 is 4.98 Å². The van der Waals surface area contributed by atoms with Gasteiger partial charge in [0.05, 0.1) is 0 Å². The molecule has 1 heterocycles. The van der Waals surface area contributed by atoms with E-state index < -0.39 is 0 Å². The molecule has 0 bridgehead atoms. The summed E-state index contributed by atoms with van der Waals surface area (Å²) in [7, 11) is 0. The van der Waals surface area contributed by atoms with E-state index in [0.717, 1.165) is 5.92 Å². The minimum Gasteiger partial charge on any atom is -0.358 e. The molecule has 0 spiro atoms. The summed E-state index contributed by atoms with van der Waals surface area (Å²) in [5, 5.41) is 1.47. The molecule has 0 amide bonds. The summed E-state index contributed by atoms with van der Waals surface area (Å²) >= 11 is 2.40. The highest BCUT2D eigenvalue weighted by Gasteiger charge is 2.22. The van der Waals surface area contributed by atoms with E-state index in [1.165, 1.54) is 71.5 Å². The van der Waals surface area contributed by atoms with Crippen LogP contribution < -0.4 is 0 Å². The number of unbranched alkanes of at least 4 members (excludes halogenated alkanes) is 3. The Morgan fingerprint density at radius 3 is 3.00 bits per heavy atom. The zero-order valence-corrected chi connectivity index (χ0v) is 14.5. The molecular weight excluding hydrogens is 357 g/mol. The lowest BCUT2D eigenvalue weighted by Gasteiger charge is -2.22. The third kappa shape index (κ3) is 3.05. The quantitative estimate of drug-likeness (QED) is 0.494. The molecule has 1 aromatic heterocycles. The van der Waals surface area contributed by atoms with Crippen molar-refractivity contribution in [3.63, 3.8) is 0 Å². The molecule has 1 atom stereocenters. The smallest absolute Gasteiger partial charge is 0.0469 e. The van der Waals surface area contributed by atoms with Gasteiger partial charge >= 0.3 is 0 Å². The normalized spacial score (nSPS) is 18.4. The Morgan fingerprint density at radius 2 is 2.15 bits per heavy atom. The highest BCUT2D eigenvalue weighted by molar-refractivity contribution is 14.1. The van der Waals surface area contributed by atoms with Crippen molar-refractivity contribution < 1.29 is 0 Å². The number of benzene rings is 1. The number of halogens is 1. The standard InChI is InChI=1S/C18H24IN/c1-2-3-4-5-6-13-7-10-17-16(11-13)15-9-8-14(19)12-18(15)20-17/h8-9,12-13,20H,2-7,10-11H2,1H3. The van der Waals surface area contributed by atoms with Gasteiger partial charge in [0.15, 0.2) is 0 Å². The molecule has 3 rings (SSSR count). The predicted octanol–water partition coefficient (Wildman–Crippen LogP) is 5.85. The van der Waals surface area contributed by atoms with Crippen molar-refractivity contribution in [2.75, 3.05) is 0 Å². The maximum Gasteiger partial charge on any atom is 0.0469 e. The van der Waals surface area contributed by atoms with Gasteiger partial charge in [-0.15, -0.1) is 0 Å². The van der Waals surface area contributed by atoms with E-state index in [-0.39, 0.29) is 0 Å². The monoisotopic (exact) mass is 381 g/mol. The number of hydrogen-bond acceptors (Lipinski definition) is 0. The van der Waals surface area contributed by atoms with Gasteiger partial charge in [-0.3, -0.25) is 0 Å². The van der Waals surface area contributed by atoms with Crippen molar-refractivity contribution in [1.29, 1.82) is 0 Å². The fourth-order valence-electron chi connectivity index (χ4n) is 3.58. The van der Waals surface area contributed by atoms with Crippen molar-refractivity contribution in [2.24, 2.45) is 5.92 Å². The minimum absolute atomic E-state index is 0.914. The summed E-state index contributed by atoms with van der Waals surface area (Å²) in [6, 6.07) is 6.83. The molecule has 0 fully saturated rings. The molecule has 1 N–H and O–H groups in total. The van der Waals surface area contributed by atoms with Gasteiger partial charge in [-0.1, -0.05) is 45.1 Å². The van der Waals surface area contributed by atoms with E-state index >= 15 is 0 Å². The highest BCUT2D eigenvalue weighted by atomic mass is 127. The summed E-state index contributed by atoms with van der Waals surface area (Å²) in [4.78, 5) is 3.65. The molecule has 0 aliphatic heterocycles. The number of H-pyrrole nitrogens is 1. The van der Waals surface area contributed by atoms with Crippen LogP contribution in [0, 0.1) is 9.49 Å². The van der Waals surface area contributed by atoms with Crippen LogP contribution in [0.25, 0.3) is 10.9 Å². The van der Waals surface area contributed by atoms with Crippen molar-refractivity contribution >= 4 is 33.5 Å². The topological polar surface area (TPSA) is 15.8 Å². The molecule has 1 nitrogen and oxygen atoms in total. The van der Waals surface area contributed by atoms with Crippen molar-refractivity contribution in [1.82, 2.24) is 4.98 Å². The molecule has 1 aliphatic carbocycles. The Kier molecular flexibility index (Phi) is 4.69. The van der Waals surface area contributed by atoms with Gasteiger partial charge in [0, 0.05) is 20.2 Å². The number of nitrogens with one attached hydrogen (secondary N) is 1. The van der Waals surface area contributed by atoms with E-state index in [0.29, 0.717) is 0 Å². The van der Waals surface area contributed by atoms with Crippen LogP contribution in [-0.4, -0.2) is 4.98 Å². The zero-order valence-electron chi connectivity index (χ0n) is 12.3. The summed E-state index contributed by atoms with van der Waals surface area (Å²) in [6.45, 7) is 2.29. The number of hydrogen-bond donors (Lipinski definition) is 1. The van der Waals surface area contributed by atoms with E-state index in [9.17, 15) is 0 Å². The molecule has 0 saturated carbocycles. The average Bonchev–Trinajstić information content (AvgIpc) is 2.80. The highest BCUT2D eigenvalue weighted by Crippen LogP contribution is 2.34. The molecule has 2 aromatic rings. The van der Waals surface area contributed by atoms with Gasteiger partial charge in [-0.25, -0.2) is 0 Å². The van der Waals surface area contributed by atoms with Gasteiger partial charge in [0.2, 0.25) is 0 Å². The molecule has 108 valence electrons. The van der Waals surface area contributed by atoms with Crippen molar-refractivity contribution in [3.05, 3.63) is 33.0 Å². The first-order valence-electron chi connectivity index (χ1n) is 8.07. The summed E-state index contributed by atoms with van der Waals surface area (Å²) < 4.78 is 1.32. The molecule has 20 heavy (non-hydrogen) atoms. The third-order valence-corrected chi connectivity index (χ3v) is 5.39. The largest absolute Gasteiger partial charge is 0.358 e. The van der Waals surface area contributed by atoms with Gasteiger partial charge in [-0.2, -0.15) is 0 Å². The Bertz CT molecular complexity index is 584. The number of aromatic nitrogens is 1. The van der Waals surface area contributed by atoms with Gasteiger partial charge in [0.1, 0.15) is 0 Å². The lowest BCUT2D eigenvalue weighted by molar-refractivity contribution is 0.405. The number of aromatic amines is 1. The van der Waals surface area contributed by atoms with E-state index in [4.69, 9.17) is 0 Å². The van der Waals surface area contributed by atoms with Gasteiger partial charge in [-0.05, 0) is 65.5 Å². The van der Waals surface area contributed by atoms with Crippen molar-refractivity contribution in [3.8, 4) is 0 Å². The number of rotatable bonds is 5.